The lowest BCUT2D eigenvalue weighted by atomic mass is 9.70. The van der Waals surface area contributed by atoms with Crippen molar-refractivity contribution in [1.82, 2.24) is 4.90 Å². The van der Waals surface area contributed by atoms with Crippen LogP contribution in [0.1, 0.15) is 67.6 Å². The highest BCUT2D eigenvalue weighted by atomic mass is 35.5. The van der Waals surface area contributed by atoms with Crippen molar-refractivity contribution >= 4 is 29.2 Å². The maximum absolute atomic E-state index is 13.1. The molecule has 5 unspecified atom stereocenters. The fourth-order valence-corrected chi connectivity index (χ4v) is 6.69. The van der Waals surface area contributed by atoms with Crippen molar-refractivity contribution in [3.63, 3.8) is 0 Å². The Hall–Kier alpha value is -3.29. The fraction of sp³-hybridized carbons (Fsp3) is 0.500. The number of aliphatic hydroxyl groups is 1. The number of halogens is 1. The molecule has 0 spiro atoms. The number of ether oxygens (including phenoxy) is 2. The molecule has 1 saturated carbocycles. The van der Waals surface area contributed by atoms with Gasteiger partial charge < -0.3 is 24.4 Å². The van der Waals surface area contributed by atoms with E-state index < -0.39 is 18.0 Å². The highest BCUT2D eigenvalue weighted by molar-refractivity contribution is 6.30. The molecule has 0 aromatic heterocycles. The Bertz CT molecular complexity index is 1330. The van der Waals surface area contributed by atoms with E-state index in [9.17, 15) is 14.7 Å². The summed E-state index contributed by atoms with van der Waals surface area (Å²) < 4.78 is 11.7. The Labute approximate surface area is 267 Å². The number of aryl methyl sites for hydroxylation is 1. The molecular formula is C36H47ClN2O5. The van der Waals surface area contributed by atoms with Crippen molar-refractivity contribution in [3.8, 4) is 5.75 Å². The summed E-state index contributed by atoms with van der Waals surface area (Å²) >= 11 is 6.40. The fourth-order valence-electron chi connectivity index (χ4n) is 6.50. The number of rotatable bonds is 14. The number of fused-ring (bicyclic) bond motifs is 1. The second-order valence-corrected chi connectivity index (χ2v) is 12.6. The van der Waals surface area contributed by atoms with Gasteiger partial charge >= 0.3 is 5.97 Å². The number of esters is 1. The predicted molar refractivity (Wildman–Crippen MR) is 177 cm³/mol. The van der Waals surface area contributed by atoms with E-state index in [1.807, 2.05) is 24.3 Å². The number of hydrogen-bond acceptors (Lipinski definition) is 6. The molecule has 2 aromatic rings. The van der Waals surface area contributed by atoms with E-state index in [0.717, 1.165) is 48.7 Å². The summed E-state index contributed by atoms with van der Waals surface area (Å²) in [6.07, 6.45) is 7.45. The highest BCUT2D eigenvalue weighted by Gasteiger charge is 2.38. The predicted octanol–water partition coefficient (Wildman–Crippen LogP) is 6.53. The van der Waals surface area contributed by atoms with Gasteiger partial charge in [0, 0.05) is 44.0 Å². The number of carbonyl (C=O) groups excluding carboxylic acids is 2. The van der Waals surface area contributed by atoms with Gasteiger partial charge in [0.05, 0.1) is 31.4 Å². The van der Waals surface area contributed by atoms with E-state index in [2.05, 4.69) is 37.1 Å². The molecule has 1 N–H and O–H groups in total. The molecule has 44 heavy (non-hydrogen) atoms. The van der Waals surface area contributed by atoms with Crippen LogP contribution in [-0.2, 0) is 20.7 Å². The van der Waals surface area contributed by atoms with E-state index in [4.69, 9.17) is 21.1 Å². The highest BCUT2D eigenvalue weighted by Crippen LogP contribution is 2.43. The van der Waals surface area contributed by atoms with Crippen molar-refractivity contribution in [2.45, 2.75) is 63.4 Å². The molecule has 2 aliphatic rings. The molecule has 5 atom stereocenters. The number of nitrogens with zero attached hydrogens (tertiary/aromatic N) is 2. The zero-order valence-corrected chi connectivity index (χ0v) is 27.1. The Morgan fingerprint density at radius 3 is 2.68 bits per heavy atom. The number of hydrogen-bond donors (Lipinski definition) is 1. The summed E-state index contributed by atoms with van der Waals surface area (Å²) in [4.78, 5) is 30.1. The third kappa shape index (κ3) is 7.86. The summed E-state index contributed by atoms with van der Waals surface area (Å²) in [6, 6.07) is 11.9. The summed E-state index contributed by atoms with van der Waals surface area (Å²) in [5, 5.41) is 11.3. The monoisotopic (exact) mass is 622 g/mol. The van der Waals surface area contributed by atoms with Crippen LogP contribution in [0.15, 0.2) is 61.7 Å². The number of amides is 1. The first-order valence-corrected chi connectivity index (χ1v) is 16.1. The number of carbonyl (C=O) groups is 2. The van der Waals surface area contributed by atoms with Crippen LogP contribution >= 0.6 is 11.6 Å². The van der Waals surface area contributed by atoms with Crippen LogP contribution in [0.3, 0.4) is 0 Å². The number of benzene rings is 2. The van der Waals surface area contributed by atoms with Gasteiger partial charge in [0.1, 0.15) is 5.75 Å². The molecular weight excluding hydrogens is 576 g/mol. The first-order valence-electron chi connectivity index (χ1n) is 15.7. The van der Waals surface area contributed by atoms with Gasteiger partial charge in [0.2, 0.25) is 5.91 Å². The van der Waals surface area contributed by atoms with Crippen LogP contribution in [0.25, 0.3) is 0 Å². The molecule has 1 heterocycles. The van der Waals surface area contributed by atoms with E-state index in [-0.39, 0.29) is 30.1 Å². The zero-order valence-electron chi connectivity index (χ0n) is 26.3. The first kappa shape index (κ1) is 33.6. The molecule has 1 aliphatic carbocycles. The van der Waals surface area contributed by atoms with Crippen molar-refractivity contribution < 1.29 is 24.2 Å². The minimum Gasteiger partial charge on any atom is -0.491 e. The third-order valence-electron chi connectivity index (χ3n) is 9.24. The third-order valence-corrected chi connectivity index (χ3v) is 9.48. The van der Waals surface area contributed by atoms with Crippen LogP contribution in [0.4, 0.5) is 5.69 Å². The Morgan fingerprint density at radius 1 is 1.23 bits per heavy atom. The maximum Gasteiger partial charge on any atom is 0.313 e. The van der Waals surface area contributed by atoms with Crippen LogP contribution in [0.5, 0.6) is 5.75 Å². The molecule has 0 radical (unpaired) electrons. The van der Waals surface area contributed by atoms with Gasteiger partial charge in [-0.25, -0.2) is 0 Å². The van der Waals surface area contributed by atoms with Crippen LogP contribution in [0, 0.1) is 11.8 Å². The van der Waals surface area contributed by atoms with E-state index in [1.54, 1.807) is 24.1 Å². The molecule has 8 heteroatoms. The maximum atomic E-state index is 13.1. The molecule has 7 nitrogen and oxygen atoms in total. The number of anilines is 1. The SMILES string of the molecule is C=CCCN(C)C(=O)CC(C(=O)OC)c1ccc2c(c1)N(CC1CCC1C(O)C=C)CC(c1ccc(Cl)cc1CCC)CO2. The topological polar surface area (TPSA) is 79.3 Å². The molecule has 4 rings (SSSR count). The minimum atomic E-state index is -0.753. The standard InChI is InChI=1S/C36H47ClN2O5/c1-6-9-17-38(4)35(41)20-31(36(42)43-5)25-12-16-34-32(19-25)39(21-26-11-14-30(26)33(40)8-3)22-27(23-44-34)29-15-13-28(37)18-24(29)10-7-2/h6,8,12-13,15-16,18-19,26-27,30-31,33,40H,1,3,7,9-11,14,17,20-23H2,2,4-5H3. The Morgan fingerprint density at radius 2 is 2.02 bits per heavy atom. The zero-order chi connectivity index (χ0) is 31.8. The largest absolute Gasteiger partial charge is 0.491 e. The lowest BCUT2D eigenvalue weighted by Crippen LogP contribution is -2.43. The van der Waals surface area contributed by atoms with Gasteiger partial charge in [0.25, 0.3) is 0 Å². The van der Waals surface area contributed by atoms with Crippen LogP contribution < -0.4 is 9.64 Å². The van der Waals surface area contributed by atoms with Crippen molar-refractivity contribution in [1.29, 1.82) is 0 Å². The van der Waals surface area contributed by atoms with Crippen LogP contribution in [0.2, 0.25) is 5.02 Å². The average Bonchev–Trinajstić information content (AvgIpc) is 3.19. The van der Waals surface area contributed by atoms with Gasteiger partial charge in [-0.15, -0.1) is 13.2 Å². The minimum absolute atomic E-state index is 0.00393. The van der Waals surface area contributed by atoms with E-state index in [1.165, 1.54) is 18.2 Å². The molecule has 1 fully saturated rings. The second-order valence-electron chi connectivity index (χ2n) is 12.1. The molecule has 238 valence electrons. The van der Waals surface area contributed by atoms with Gasteiger partial charge in [-0.05, 0) is 78.5 Å². The van der Waals surface area contributed by atoms with Crippen molar-refractivity contribution in [2.75, 3.05) is 45.3 Å². The second kappa shape index (κ2) is 15.6. The summed E-state index contributed by atoms with van der Waals surface area (Å²) in [5.74, 6) is -0.0736. The molecule has 2 aromatic carbocycles. The molecule has 0 saturated heterocycles. The van der Waals surface area contributed by atoms with Gasteiger partial charge in [-0.1, -0.05) is 49.2 Å². The molecule has 0 bridgehead atoms. The van der Waals surface area contributed by atoms with Gasteiger partial charge in [-0.2, -0.15) is 0 Å². The van der Waals surface area contributed by atoms with Crippen LogP contribution in [-0.4, -0.2) is 68.4 Å². The lowest BCUT2D eigenvalue weighted by molar-refractivity contribution is -0.145. The van der Waals surface area contributed by atoms with Gasteiger partial charge in [-0.3, -0.25) is 9.59 Å². The van der Waals surface area contributed by atoms with E-state index >= 15 is 0 Å². The van der Waals surface area contributed by atoms with Gasteiger partial charge in [0.15, 0.2) is 0 Å². The lowest BCUT2D eigenvalue weighted by Gasteiger charge is -2.42. The summed E-state index contributed by atoms with van der Waals surface area (Å²) in [5.41, 5.74) is 4.05. The van der Waals surface area contributed by atoms with Crippen molar-refractivity contribution in [2.24, 2.45) is 11.8 Å². The van der Waals surface area contributed by atoms with E-state index in [0.29, 0.717) is 31.7 Å². The molecule has 1 amide bonds. The first-order chi connectivity index (χ1) is 21.2. The number of aliphatic hydroxyl groups excluding tert-OH is 1. The van der Waals surface area contributed by atoms with Crippen molar-refractivity contribution in [3.05, 3.63) is 83.4 Å². The quantitative estimate of drug-likeness (QED) is 0.191. The smallest absolute Gasteiger partial charge is 0.313 e. The summed E-state index contributed by atoms with van der Waals surface area (Å²) in [7, 11) is 3.09. The number of methoxy groups -OCH3 is 1. The normalized spacial score (nSPS) is 20.7. The Kier molecular flexibility index (Phi) is 11.9. The average molecular weight is 623 g/mol. The Balaban J connectivity index is 1.70. The molecule has 1 aliphatic heterocycles. The summed E-state index contributed by atoms with van der Waals surface area (Å²) in [6.45, 7) is 12.2.